The van der Waals surface area contributed by atoms with Crippen molar-refractivity contribution < 1.29 is 28.6 Å². The second kappa shape index (κ2) is 58.4. The second-order valence-corrected chi connectivity index (χ2v) is 18.8. The van der Waals surface area contributed by atoms with Crippen molar-refractivity contribution in [3.8, 4) is 0 Å². The molecule has 0 radical (unpaired) electrons. The van der Waals surface area contributed by atoms with Crippen LogP contribution >= 0.6 is 0 Å². The zero-order valence-corrected chi connectivity index (χ0v) is 45.9. The number of ether oxygens (including phenoxy) is 3. The van der Waals surface area contributed by atoms with Gasteiger partial charge < -0.3 is 14.2 Å². The number of rotatable bonds is 51. The predicted molar refractivity (Wildman–Crippen MR) is 306 cm³/mol. The highest BCUT2D eigenvalue weighted by Crippen LogP contribution is 2.14. The molecule has 402 valence electrons. The standard InChI is InChI=1S/C65H106O6/c1-4-7-10-13-16-19-22-25-28-31-32-35-37-40-43-46-49-52-55-58-64(67)70-61-62(71-65(68)59-56-53-50-47-44-41-38-34-30-27-24-21-18-15-12-9-6-3)60-69-63(66)57-54-51-48-45-42-39-36-33-29-26-23-20-17-14-11-8-5-2/h7,9-10,12,16-21,25-30,38,41,47,50,62H,4-6,8,11,13-15,22-24,31-37,39-40,42-46,48-49,51-61H2,1-3H3/b10-7-,12-9-,19-16-,20-17-,21-18-,28-25-,29-26-,30-27-,41-38-,50-47-. The van der Waals surface area contributed by atoms with Crippen molar-refractivity contribution in [2.75, 3.05) is 13.2 Å². The Kier molecular flexibility index (Phi) is 54.9. The van der Waals surface area contributed by atoms with Gasteiger partial charge in [-0.25, -0.2) is 0 Å². The quantitative estimate of drug-likeness (QED) is 0.0261. The summed E-state index contributed by atoms with van der Waals surface area (Å²) < 4.78 is 16.8. The van der Waals surface area contributed by atoms with E-state index in [1.165, 1.54) is 89.9 Å². The summed E-state index contributed by atoms with van der Waals surface area (Å²) in [6, 6.07) is 0. The lowest BCUT2D eigenvalue weighted by Gasteiger charge is -2.18. The first-order chi connectivity index (χ1) is 35.0. The number of hydrogen-bond donors (Lipinski definition) is 0. The molecular formula is C65H106O6. The molecule has 0 saturated carbocycles. The van der Waals surface area contributed by atoms with Crippen molar-refractivity contribution in [3.05, 3.63) is 122 Å². The molecule has 0 aliphatic carbocycles. The largest absolute Gasteiger partial charge is 0.462 e. The topological polar surface area (TPSA) is 78.9 Å². The molecule has 0 amide bonds. The highest BCUT2D eigenvalue weighted by Gasteiger charge is 2.19. The number of hydrogen-bond acceptors (Lipinski definition) is 6. The maximum Gasteiger partial charge on any atom is 0.306 e. The van der Waals surface area contributed by atoms with Gasteiger partial charge in [0.1, 0.15) is 13.2 Å². The summed E-state index contributed by atoms with van der Waals surface area (Å²) in [6.45, 7) is 6.33. The van der Waals surface area contributed by atoms with Crippen molar-refractivity contribution in [1.82, 2.24) is 0 Å². The summed E-state index contributed by atoms with van der Waals surface area (Å²) in [4.78, 5) is 38.2. The zero-order chi connectivity index (χ0) is 51.4. The molecule has 0 N–H and O–H groups in total. The first-order valence-corrected chi connectivity index (χ1v) is 29.0. The summed E-state index contributed by atoms with van der Waals surface area (Å²) in [5.74, 6) is -0.981. The minimum absolute atomic E-state index is 0.109. The Morgan fingerprint density at radius 1 is 0.296 bits per heavy atom. The van der Waals surface area contributed by atoms with Gasteiger partial charge in [0, 0.05) is 19.3 Å². The third-order valence-corrected chi connectivity index (χ3v) is 11.9. The van der Waals surface area contributed by atoms with Crippen LogP contribution in [0.3, 0.4) is 0 Å². The van der Waals surface area contributed by atoms with E-state index in [0.29, 0.717) is 19.3 Å². The predicted octanol–water partition coefficient (Wildman–Crippen LogP) is 19.6. The molecule has 0 aromatic rings. The average Bonchev–Trinajstić information content (AvgIpc) is 3.37. The molecule has 6 nitrogen and oxygen atoms in total. The molecule has 0 heterocycles. The lowest BCUT2D eigenvalue weighted by molar-refractivity contribution is -0.167. The van der Waals surface area contributed by atoms with Crippen LogP contribution in [0.2, 0.25) is 0 Å². The van der Waals surface area contributed by atoms with Crippen molar-refractivity contribution in [2.45, 2.75) is 258 Å². The highest BCUT2D eigenvalue weighted by atomic mass is 16.6. The van der Waals surface area contributed by atoms with Crippen LogP contribution in [0.1, 0.15) is 252 Å². The van der Waals surface area contributed by atoms with E-state index in [2.05, 4.69) is 142 Å². The van der Waals surface area contributed by atoms with Gasteiger partial charge in [0.15, 0.2) is 6.10 Å². The summed E-state index contributed by atoms with van der Waals surface area (Å²) in [5, 5.41) is 0. The van der Waals surface area contributed by atoms with E-state index in [4.69, 9.17) is 14.2 Å². The van der Waals surface area contributed by atoms with E-state index >= 15 is 0 Å². The normalized spacial score (nSPS) is 13.0. The van der Waals surface area contributed by atoms with Crippen molar-refractivity contribution in [3.63, 3.8) is 0 Å². The van der Waals surface area contributed by atoms with E-state index in [1.807, 2.05) is 0 Å². The van der Waals surface area contributed by atoms with Crippen LogP contribution in [0.5, 0.6) is 0 Å². The molecule has 0 spiro atoms. The molecule has 1 atom stereocenters. The third kappa shape index (κ3) is 56.6. The Morgan fingerprint density at radius 3 is 0.901 bits per heavy atom. The first-order valence-electron chi connectivity index (χ1n) is 29.0. The molecule has 0 aromatic heterocycles. The number of carbonyl (C=O) groups is 3. The van der Waals surface area contributed by atoms with Crippen LogP contribution in [0.15, 0.2) is 122 Å². The van der Waals surface area contributed by atoms with E-state index < -0.39 is 6.10 Å². The van der Waals surface area contributed by atoms with Crippen LogP contribution in [-0.2, 0) is 28.6 Å². The van der Waals surface area contributed by atoms with E-state index in [-0.39, 0.29) is 37.5 Å². The summed E-state index contributed by atoms with van der Waals surface area (Å²) >= 11 is 0. The van der Waals surface area contributed by atoms with E-state index in [9.17, 15) is 14.4 Å². The van der Waals surface area contributed by atoms with Gasteiger partial charge in [0.05, 0.1) is 0 Å². The fourth-order valence-electron chi connectivity index (χ4n) is 7.64. The van der Waals surface area contributed by atoms with Crippen LogP contribution in [-0.4, -0.2) is 37.2 Å². The van der Waals surface area contributed by atoms with Crippen LogP contribution in [0.25, 0.3) is 0 Å². The fraction of sp³-hybridized carbons (Fsp3) is 0.646. The lowest BCUT2D eigenvalue weighted by Crippen LogP contribution is -2.30. The molecular weight excluding hydrogens is 877 g/mol. The molecule has 0 rings (SSSR count). The molecule has 71 heavy (non-hydrogen) atoms. The Balaban J connectivity index is 4.50. The molecule has 0 saturated heterocycles. The maximum absolute atomic E-state index is 12.8. The van der Waals surface area contributed by atoms with Gasteiger partial charge in [0.25, 0.3) is 0 Å². The highest BCUT2D eigenvalue weighted by molar-refractivity contribution is 5.71. The Bertz CT molecular complexity index is 1500. The summed E-state index contributed by atoms with van der Waals surface area (Å²) in [5.41, 5.74) is 0. The van der Waals surface area contributed by atoms with Crippen LogP contribution < -0.4 is 0 Å². The minimum atomic E-state index is -0.817. The smallest absolute Gasteiger partial charge is 0.306 e. The molecule has 6 heteroatoms. The van der Waals surface area contributed by atoms with Crippen LogP contribution in [0.4, 0.5) is 0 Å². The van der Waals surface area contributed by atoms with Gasteiger partial charge in [0.2, 0.25) is 0 Å². The summed E-state index contributed by atoms with van der Waals surface area (Å²) in [7, 11) is 0. The zero-order valence-electron chi connectivity index (χ0n) is 45.9. The van der Waals surface area contributed by atoms with Gasteiger partial charge in [-0.3, -0.25) is 14.4 Å². The molecule has 0 aliphatic heterocycles. The molecule has 0 fully saturated rings. The van der Waals surface area contributed by atoms with Crippen molar-refractivity contribution in [2.24, 2.45) is 0 Å². The maximum atomic E-state index is 12.8. The number of allylic oxidation sites excluding steroid dienone is 20. The molecule has 1 unspecified atom stereocenters. The fourth-order valence-corrected chi connectivity index (χ4v) is 7.64. The van der Waals surface area contributed by atoms with Gasteiger partial charge in [-0.05, 0) is 122 Å². The average molecular weight is 984 g/mol. The number of unbranched alkanes of at least 4 members (excludes halogenated alkanes) is 20. The third-order valence-electron chi connectivity index (χ3n) is 11.9. The first kappa shape index (κ1) is 66.8. The van der Waals surface area contributed by atoms with Crippen LogP contribution in [0, 0.1) is 0 Å². The van der Waals surface area contributed by atoms with Gasteiger partial charge in [-0.2, -0.15) is 0 Å². The van der Waals surface area contributed by atoms with Gasteiger partial charge >= 0.3 is 17.9 Å². The Morgan fingerprint density at radius 2 is 0.563 bits per heavy atom. The second-order valence-electron chi connectivity index (χ2n) is 18.8. The van der Waals surface area contributed by atoms with Crippen molar-refractivity contribution >= 4 is 17.9 Å². The molecule has 0 bridgehead atoms. The lowest BCUT2D eigenvalue weighted by atomic mass is 10.1. The number of carbonyl (C=O) groups excluding carboxylic acids is 3. The van der Waals surface area contributed by atoms with Crippen molar-refractivity contribution in [1.29, 1.82) is 0 Å². The van der Waals surface area contributed by atoms with E-state index in [0.717, 1.165) is 116 Å². The Hall–Kier alpha value is -4.19. The minimum Gasteiger partial charge on any atom is -0.462 e. The number of esters is 3. The molecule has 0 aliphatic rings. The summed E-state index contributed by atoms with van der Waals surface area (Å²) in [6.07, 6.45) is 80.5. The van der Waals surface area contributed by atoms with E-state index in [1.54, 1.807) is 0 Å². The Labute approximate surface area is 437 Å². The molecule has 0 aromatic carbocycles. The van der Waals surface area contributed by atoms with Gasteiger partial charge in [-0.15, -0.1) is 0 Å². The SMILES string of the molecule is CC/C=C\C/C=C\C/C=C\C/C=C\C/C=C\CCCC(=O)OC(COC(=O)CCCCCCCCC/C=C\C/C=C\CCCCC)COC(=O)CCCCCCCCCCC/C=C\C/C=C\C/C=C\CC. The van der Waals surface area contributed by atoms with Gasteiger partial charge in [-0.1, -0.05) is 232 Å². The monoisotopic (exact) mass is 983 g/mol.